The minimum atomic E-state index is 0.520. The molecule has 1 atom stereocenters. The molecule has 4 heteroatoms. The minimum Gasteiger partial charge on any atom is -0.365 e. The Kier molecular flexibility index (Phi) is 2.80. The molecule has 0 bridgehead atoms. The fourth-order valence-corrected chi connectivity index (χ4v) is 1.83. The van der Waals surface area contributed by atoms with Gasteiger partial charge in [-0.3, -0.25) is 0 Å². The summed E-state index contributed by atoms with van der Waals surface area (Å²) in [6.45, 7) is 2.13. The Hall–Kier alpha value is -0.610. The third-order valence-electron chi connectivity index (χ3n) is 2.16. The first-order valence-corrected chi connectivity index (χ1v) is 5.23. The van der Waals surface area contributed by atoms with Crippen LogP contribution in [0.5, 0.6) is 0 Å². The van der Waals surface area contributed by atoms with Gasteiger partial charge >= 0.3 is 0 Å². The van der Waals surface area contributed by atoms with Crippen molar-refractivity contribution in [2.45, 2.75) is 12.5 Å². The Morgan fingerprint density at radius 1 is 1.62 bits per heavy atom. The molecule has 0 radical (unpaired) electrons. The summed E-state index contributed by atoms with van der Waals surface area (Å²) in [5, 5.41) is 6.70. The van der Waals surface area contributed by atoms with Crippen molar-refractivity contribution < 1.29 is 0 Å². The van der Waals surface area contributed by atoms with Gasteiger partial charge in [0.2, 0.25) is 0 Å². The Morgan fingerprint density at radius 3 is 3.23 bits per heavy atom. The quantitative estimate of drug-likeness (QED) is 0.827. The van der Waals surface area contributed by atoms with Crippen LogP contribution in [0.3, 0.4) is 0 Å². The summed E-state index contributed by atoms with van der Waals surface area (Å²) in [7, 11) is 0. The van der Waals surface area contributed by atoms with Crippen molar-refractivity contribution in [1.29, 1.82) is 0 Å². The van der Waals surface area contributed by atoms with E-state index in [1.54, 1.807) is 6.20 Å². The Bertz CT molecular complexity index is 284. The summed E-state index contributed by atoms with van der Waals surface area (Å²) in [6, 6.07) is 4.44. The fraction of sp³-hybridized carbons (Fsp3) is 0.444. The van der Waals surface area contributed by atoms with Crippen molar-refractivity contribution >= 4 is 21.7 Å². The van der Waals surface area contributed by atoms with Crippen LogP contribution in [-0.2, 0) is 0 Å². The van der Waals surface area contributed by atoms with Crippen LogP contribution in [0.25, 0.3) is 0 Å². The Morgan fingerprint density at radius 2 is 2.54 bits per heavy atom. The van der Waals surface area contributed by atoms with Gasteiger partial charge in [0, 0.05) is 18.8 Å². The number of aromatic nitrogens is 1. The van der Waals surface area contributed by atoms with Gasteiger partial charge in [0.25, 0.3) is 0 Å². The number of hydrogen-bond acceptors (Lipinski definition) is 3. The van der Waals surface area contributed by atoms with Crippen molar-refractivity contribution in [3.05, 3.63) is 22.8 Å². The van der Waals surface area contributed by atoms with E-state index in [4.69, 9.17) is 0 Å². The van der Waals surface area contributed by atoms with Crippen LogP contribution >= 0.6 is 15.9 Å². The number of hydrogen-bond donors (Lipinski definition) is 2. The molecule has 1 aliphatic rings. The van der Waals surface area contributed by atoms with E-state index < -0.39 is 0 Å². The van der Waals surface area contributed by atoms with Crippen molar-refractivity contribution in [3.63, 3.8) is 0 Å². The average Bonchev–Trinajstić information content (AvgIpc) is 2.61. The highest BCUT2D eigenvalue weighted by Gasteiger charge is 2.14. The van der Waals surface area contributed by atoms with E-state index >= 15 is 0 Å². The number of nitrogens with one attached hydrogen (secondary N) is 2. The third-order valence-corrected chi connectivity index (χ3v) is 2.80. The molecule has 1 fully saturated rings. The second-order valence-electron chi connectivity index (χ2n) is 3.17. The first-order valence-electron chi connectivity index (χ1n) is 4.44. The number of anilines is 1. The fourth-order valence-electron chi connectivity index (χ4n) is 1.46. The van der Waals surface area contributed by atoms with E-state index in [0.717, 1.165) is 23.4 Å². The highest BCUT2D eigenvalue weighted by molar-refractivity contribution is 9.10. The summed E-state index contributed by atoms with van der Waals surface area (Å²) in [5.41, 5.74) is 0. The van der Waals surface area contributed by atoms with Gasteiger partial charge in [-0.15, -0.1) is 0 Å². The Balaban J connectivity index is 2.04. The van der Waals surface area contributed by atoms with Crippen LogP contribution in [0.2, 0.25) is 0 Å². The van der Waals surface area contributed by atoms with E-state index in [1.165, 1.54) is 6.42 Å². The van der Waals surface area contributed by atoms with Gasteiger partial charge in [0.05, 0.1) is 4.47 Å². The van der Waals surface area contributed by atoms with Crippen molar-refractivity contribution in [3.8, 4) is 0 Å². The van der Waals surface area contributed by atoms with Crippen LogP contribution in [0.15, 0.2) is 22.8 Å². The van der Waals surface area contributed by atoms with Crippen LogP contribution in [0.1, 0.15) is 6.42 Å². The second-order valence-corrected chi connectivity index (χ2v) is 4.02. The molecule has 0 aromatic carbocycles. The van der Waals surface area contributed by atoms with Crippen molar-refractivity contribution in [2.75, 3.05) is 18.4 Å². The first kappa shape index (κ1) is 8.97. The zero-order chi connectivity index (χ0) is 9.10. The molecule has 1 unspecified atom stereocenters. The summed E-state index contributed by atoms with van der Waals surface area (Å²) < 4.78 is 1.03. The smallest absolute Gasteiger partial charge is 0.140 e. The maximum Gasteiger partial charge on any atom is 0.140 e. The molecular formula is C9H12BrN3. The summed E-state index contributed by atoms with van der Waals surface area (Å²) in [4.78, 5) is 4.26. The molecule has 3 nitrogen and oxygen atoms in total. The van der Waals surface area contributed by atoms with Crippen molar-refractivity contribution in [1.82, 2.24) is 10.3 Å². The molecule has 70 valence electrons. The molecule has 0 amide bonds. The standard InChI is InChI=1S/C9H12BrN3/c10-8-2-1-4-12-9(8)13-7-3-5-11-6-7/h1-2,4,7,11H,3,5-6H2,(H,12,13). The molecule has 1 aromatic rings. The van der Waals surface area contributed by atoms with Crippen molar-refractivity contribution in [2.24, 2.45) is 0 Å². The van der Waals surface area contributed by atoms with Crippen LogP contribution in [-0.4, -0.2) is 24.1 Å². The first-order chi connectivity index (χ1) is 6.36. The molecule has 1 aromatic heterocycles. The zero-order valence-electron chi connectivity index (χ0n) is 7.26. The molecule has 0 spiro atoms. The van der Waals surface area contributed by atoms with Gasteiger partial charge in [-0.25, -0.2) is 4.98 Å². The Labute approximate surface area is 86.1 Å². The molecule has 2 heterocycles. The lowest BCUT2D eigenvalue weighted by Crippen LogP contribution is -2.22. The van der Waals surface area contributed by atoms with Gasteiger partial charge in [0.1, 0.15) is 5.82 Å². The molecule has 0 saturated carbocycles. The lowest BCUT2D eigenvalue weighted by atomic mass is 10.2. The highest BCUT2D eigenvalue weighted by Crippen LogP contribution is 2.19. The molecule has 2 N–H and O–H groups in total. The van der Waals surface area contributed by atoms with Gasteiger partial charge in [0.15, 0.2) is 0 Å². The van der Waals surface area contributed by atoms with E-state index in [1.807, 2.05) is 12.1 Å². The number of pyridine rings is 1. The van der Waals surface area contributed by atoms with Crippen LogP contribution in [0.4, 0.5) is 5.82 Å². The number of rotatable bonds is 2. The maximum atomic E-state index is 4.26. The second kappa shape index (κ2) is 4.07. The maximum absolute atomic E-state index is 4.26. The average molecular weight is 242 g/mol. The largest absolute Gasteiger partial charge is 0.365 e. The summed E-state index contributed by atoms with van der Waals surface area (Å²) in [6.07, 6.45) is 2.97. The normalized spacial score (nSPS) is 21.8. The molecule has 1 saturated heterocycles. The van der Waals surface area contributed by atoms with E-state index in [0.29, 0.717) is 6.04 Å². The summed E-state index contributed by atoms with van der Waals surface area (Å²) >= 11 is 3.46. The lowest BCUT2D eigenvalue weighted by molar-refractivity contribution is 0.787. The monoisotopic (exact) mass is 241 g/mol. The third kappa shape index (κ3) is 2.19. The summed E-state index contributed by atoms with van der Waals surface area (Å²) in [5.74, 6) is 0.941. The molecule has 0 aliphatic carbocycles. The van der Waals surface area contributed by atoms with Gasteiger partial charge in [-0.2, -0.15) is 0 Å². The van der Waals surface area contributed by atoms with E-state index in [2.05, 4.69) is 31.5 Å². The van der Waals surface area contributed by atoms with Gasteiger partial charge < -0.3 is 10.6 Å². The van der Waals surface area contributed by atoms with Crippen LogP contribution in [0, 0.1) is 0 Å². The predicted molar refractivity (Wildman–Crippen MR) is 56.8 cm³/mol. The van der Waals surface area contributed by atoms with E-state index in [-0.39, 0.29) is 0 Å². The number of halogens is 1. The molecule has 2 rings (SSSR count). The van der Waals surface area contributed by atoms with Gasteiger partial charge in [-0.1, -0.05) is 0 Å². The molecule has 1 aliphatic heterocycles. The minimum absolute atomic E-state index is 0.520. The zero-order valence-corrected chi connectivity index (χ0v) is 8.84. The van der Waals surface area contributed by atoms with Crippen LogP contribution < -0.4 is 10.6 Å². The SMILES string of the molecule is Brc1cccnc1NC1CCNC1. The molecular weight excluding hydrogens is 230 g/mol. The highest BCUT2D eigenvalue weighted by atomic mass is 79.9. The van der Waals surface area contributed by atoms with Gasteiger partial charge in [-0.05, 0) is 41.0 Å². The number of nitrogens with zero attached hydrogens (tertiary/aromatic N) is 1. The topological polar surface area (TPSA) is 37.0 Å². The van der Waals surface area contributed by atoms with E-state index in [9.17, 15) is 0 Å². The molecule has 13 heavy (non-hydrogen) atoms. The predicted octanol–water partition coefficient (Wildman–Crippen LogP) is 1.62. The lowest BCUT2D eigenvalue weighted by Gasteiger charge is -2.12.